The highest BCUT2D eigenvalue weighted by molar-refractivity contribution is 5.61. The largest absolute Gasteiger partial charge is 0.495 e. The van der Waals surface area contributed by atoms with Crippen molar-refractivity contribution in [2.75, 3.05) is 25.1 Å². The van der Waals surface area contributed by atoms with Crippen LogP contribution in [-0.4, -0.2) is 35.3 Å². The van der Waals surface area contributed by atoms with Crippen molar-refractivity contribution in [3.05, 3.63) is 59.6 Å². The average molecular weight is 373 g/mol. The molecule has 1 aliphatic rings. The third-order valence-electron chi connectivity index (χ3n) is 4.73. The zero-order valence-corrected chi connectivity index (χ0v) is 15.5. The highest BCUT2D eigenvalue weighted by atomic mass is 16.5. The Kier molecular flexibility index (Phi) is 5.02. The van der Waals surface area contributed by atoms with E-state index in [0.717, 1.165) is 31.5 Å². The number of hydrogen-bond acceptors (Lipinski definition) is 7. The summed E-state index contributed by atoms with van der Waals surface area (Å²) in [7, 11) is 1.56. The Labute approximate surface area is 162 Å². The molecule has 0 aliphatic carbocycles. The molecular weight excluding hydrogens is 354 g/mol. The number of nitriles is 1. The molecule has 0 amide bonds. The monoisotopic (exact) mass is 373 g/mol. The number of benzene rings is 1. The van der Waals surface area contributed by atoms with Gasteiger partial charge >= 0.3 is 0 Å². The molecule has 1 saturated heterocycles. The number of hydrogen-bond donors (Lipinski definition) is 0. The third kappa shape index (κ3) is 3.58. The maximum Gasteiger partial charge on any atom is 0.258 e. The van der Waals surface area contributed by atoms with Crippen LogP contribution in [-0.2, 0) is 0 Å². The molecule has 7 nitrogen and oxygen atoms in total. The van der Waals surface area contributed by atoms with E-state index in [0.29, 0.717) is 28.8 Å². The van der Waals surface area contributed by atoms with Gasteiger partial charge in [0.15, 0.2) is 5.82 Å². The maximum absolute atomic E-state index is 9.47. The van der Waals surface area contributed by atoms with Gasteiger partial charge in [0.25, 0.3) is 5.89 Å². The summed E-state index contributed by atoms with van der Waals surface area (Å²) >= 11 is 0. The predicted octanol–water partition coefficient (Wildman–Crippen LogP) is 3.70. The maximum atomic E-state index is 9.47. The molecular formula is C21H19N5O2. The summed E-state index contributed by atoms with van der Waals surface area (Å²) in [5.74, 6) is 2.32. The van der Waals surface area contributed by atoms with Crippen LogP contribution in [0.1, 0.15) is 24.2 Å². The molecule has 3 heterocycles. The Morgan fingerprint density at radius 3 is 2.68 bits per heavy atom. The first-order valence-corrected chi connectivity index (χ1v) is 9.05. The van der Waals surface area contributed by atoms with Gasteiger partial charge in [-0.2, -0.15) is 10.2 Å². The van der Waals surface area contributed by atoms with Crippen LogP contribution in [0.25, 0.3) is 17.5 Å². The van der Waals surface area contributed by atoms with Gasteiger partial charge in [0.2, 0.25) is 0 Å². The van der Waals surface area contributed by atoms with Crippen molar-refractivity contribution in [1.82, 2.24) is 15.1 Å². The molecule has 1 aliphatic heterocycles. The number of methoxy groups -OCH3 is 1. The van der Waals surface area contributed by atoms with E-state index in [2.05, 4.69) is 26.1 Å². The summed E-state index contributed by atoms with van der Waals surface area (Å²) < 4.78 is 10.6. The molecule has 1 fully saturated rings. The van der Waals surface area contributed by atoms with Crippen molar-refractivity contribution >= 4 is 11.9 Å². The smallest absolute Gasteiger partial charge is 0.258 e. The Hall–Kier alpha value is -3.66. The van der Waals surface area contributed by atoms with Gasteiger partial charge in [0, 0.05) is 24.8 Å². The number of anilines is 1. The number of pyridine rings is 1. The lowest BCUT2D eigenvalue weighted by Gasteiger charge is -2.30. The zero-order valence-electron chi connectivity index (χ0n) is 15.5. The van der Waals surface area contributed by atoms with Gasteiger partial charge < -0.3 is 14.2 Å². The minimum Gasteiger partial charge on any atom is -0.495 e. The molecule has 4 rings (SSSR count). The topological polar surface area (TPSA) is 88.1 Å². The molecule has 0 radical (unpaired) electrons. The molecule has 0 unspecified atom stereocenters. The second-order valence-corrected chi connectivity index (χ2v) is 6.44. The van der Waals surface area contributed by atoms with Crippen LogP contribution in [0.3, 0.4) is 0 Å². The molecule has 28 heavy (non-hydrogen) atoms. The number of rotatable bonds is 4. The summed E-state index contributed by atoms with van der Waals surface area (Å²) in [4.78, 5) is 11.0. The SMILES string of the molecule is COc1ccnc(N2CCC(=Cc3noc(-c4ccccc4)n3)CC2)c1C#N. The molecule has 7 heteroatoms. The quantitative estimate of drug-likeness (QED) is 0.689. The molecule has 140 valence electrons. The summed E-state index contributed by atoms with van der Waals surface area (Å²) in [5.41, 5.74) is 2.63. The van der Waals surface area contributed by atoms with Crippen molar-refractivity contribution in [1.29, 1.82) is 5.26 Å². The van der Waals surface area contributed by atoms with Gasteiger partial charge in [0.1, 0.15) is 23.2 Å². The normalized spacial score (nSPS) is 13.9. The molecule has 0 atom stereocenters. The summed E-state index contributed by atoms with van der Waals surface area (Å²) in [6, 6.07) is 13.6. The number of ether oxygens (including phenoxy) is 1. The van der Waals surface area contributed by atoms with E-state index in [1.807, 2.05) is 36.4 Å². The summed E-state index contributed by atoms with van der Waals surface area (Å²) in [6.07, 6.45) is 5.35. The van der Waals surface area contributed by atoms with Gasteiger partial charge in [0.05, 0.1) is 7.11 Å². The third-order valence-corrected chi connectivity index (χ3v) is 4.73. The summed E-state index contributed by atoms with van der Waals surface area (Å²) in [6.45, 7) is 1.54. The number of piperidine rings is 1. The van der Waals surface area contributed by atoms with Crippen LogP contribution in [0.4, 0.5) is 5.82 Å². The first-order valence-electron chi connectivity index (χ1n) is 9.05. The molecule has 3 aromatic rings. The standard InChI is InChI=1S/C21H19N5O2/c1-27-18-7-10-23-20(17(18)14-22)26-11-8-15(9-12-26)13-19-24-21(28-25-19)16-5-3-2-4-6-16/h2-7,10,13H,8-9,11-12H2,1H3. The fourth-order valence-corrected chi connectivity index (χ4v) is 3.27. The van der Waals surface area contributed by atoms with E-state index in [1.54, 1.807) is 19.4 Å². The predicted molar refractivity (Wildman–Crippen MR) is 105 cm³/mol. The Morgan fingerprint density at radius 2 is 1.96 bits per heavy atom. The summed E-state index contributed by atoms with van der Waals surface area (Å²) in [5, 5.41) is 13.5. The molecule has 0 N–H and O–H groups in total. The van der Waals surface area contributed by atoms with Crippen molar-refractivity contribution in [2.45, 2.75) is 12.8 Å². The Morgan fingerprint density at radius 1 is 1.18 bits per heavy atom. The lowest BCUT2D eigenvalue weighted by molar-refractivity contribution is 0.412. The fourth-order valence-electron chi connectivity index (χ4n) is 3.27. The van der Waals surface area contributed by atoms with Gasteiger partial charge in [-0.05, 0) is 37.1 Å². The Bertz CT molecular complexity index is 1030. The molecule has 0 bridgehead atoms. The Balaban J connectivity index is 1.47. The minimum absolute atomic E-state index is 0.475. The van der Waals surface area contributed by atoms with Crippen molar-refractivity contribution < 1.29 is 9.26 Å². The van der Waals surface area contributed by atoms with Crippen LogP contribution >= 0.6 is 0 Å². The fraction of sp³-hybridized carbons (Fsp3) is 0.238. The second-order valence-electron chi connectivity index (χ2n) is 6.44. The van der Waals surface area contributed by atoms with E-state index in [4.69, 9.17) is 9.26 Å². The highest BCUT2D eigenvalue weighted by Crippen LogP contribution is 2.29. The van der Waals surface area contributed by atoms with Gasteiger partial charge in [-0.15, -0.1) is 0 Å². The minimum atomic E-state index is 0.475. The lowest BCUT2D eigenvalue weighted by atomic mass is 10.0. The van der Waals surface area contributed by atoms with Gasteiger partial charge in [-0.25, -0.2) is 4.98 Å². The first-order chi connectivity index (χ1) is 13.8. The van der Waals surface area contributed by atoms with Crippen LogP contribution < -0.4 is 9.64 Å². The van der Waals surface area contributed by atoms with E-state index in [9.17, 15) is 5.26 Å². The van der Waals surface area contributed by atoms with Crippen LogP contribution in [0.5, 0.6) is 5.75 Å². The zero-order chi connectivity index (χ0) is 19.3. The molecule has 0 spiro atoms. The van der Waals surface area contributed by atoms with E-state index in [-0.39, 0.29) is 0 Å². The number of aromatic nitrogens is 3. The average Bonchev–Trinajstić information content (AvgIpc) is 3.23. The second kappa shape index (κ2) is 7.92. The van der Waals surface area contributed by atoms with Crippen molar-refractivity contribution in [3.8, 4) is 23.3 Å². The number of nitrogens with zero attached hydrogens (tertiary/aromatic N) is 5. The van der Waals surface area contributed by atoms with Gasteiger partial charge in [-0.1, -0.05) is 28.9 Å². The first kappa shape index (κ1) is 17.7. The molecule has 0 saturated carbocycles. The highest BCUT2D eigenvalue weighted by Gasteiger charge is 2.21. The van der Waals surface area contributed by atoms with E-state index >= 15 is 0 Å². The molecule has 1 aromatic carbocycles. The lowest BCUT2D eigenvalue weighted by Crippen LogP contribution is -2.32. The van der Waals surface area contributed by atoms with E-state index < -0.39 is 0 Å². The molecule has 2 aromatic heterocycles. The van der Waals surface area contributed by atoms with Crippen LogP contribution in [0.2, 0.25) is 0 Å². The van der Waals surface area contributed by atoms with Gasteiger partial charge in [-0.3, -0.25) is 0 Å². The van der Waals surface area contributed by atoms with Crippen molar-refractivity contribution in [3.63, 3.8) is 0 Å². The van der Waals surface area contributed by atoms with E-state index in [1.165, 1.54) is 5.57 Å². The van der Waals surface area contributed by atoms with Crippen molar-refractivity contribution in [2.24, 2.45) is 0 Å². The van der Waals surface area contributed by atoms with Crippen LogP contribution in [0, 0.1) is 11.3 Å². The van der Waals surface area contributed by atoms with Crippen LogP contribution in [0.15, 0.2) is 52.7 Å².